The molecule has 0 spiro atoms. The number of aliphatic hydroxyl groups excluding tert-OH is 1. The average Bonchev–Trinajstić information content (AvgIpc) is 2.07. The van der Waals surface area contributed by atoms with E-state index >= 15 is 0 Å². The molecule has 0 aromatic carbocycles. The highest BCUT2D eigenvalue weighted by molar-refractivity contribution is 6.03. The standard InChI is InChI=1S/C11H16O3/c1-11(2,3)7-5-8(12)9(13)6-10(7)14-4/h5-7,12H,1-4H3. The monoisotopic (exact) mass is 196 g/mol. The lowest BCUT2D eigenvalue weighted by Crippen LogP contribution is -2.26. The fourth-order valence-electron chi connectivity index (χ4n) is 1.48. The van der Waals surface area contributed by atoms with Crippen LogP contribution < -0.4 is 0 Å². The lowest BCUT2D eigenvalue weighted by atomic mass is 9.77. The summed E-state index contributed by atoms with van der Waals surface area (Å²) in [5.74, 6) is -0.0152. The lowest BCUT2D eigenvalue weighted by Gasteiger charge is -2.31. The van der Waals surface area contributed by atoms with Crippen molar-refractivity contribution in [1.82, 2.24) is 0 Å². The van der Waals surface area contributed by atoms with Crippen LogP contribution in [0, 0.1) is 11.3 Å². The number of methoxy groups -OCH3 is 1. The molecule has 78 valence electrons. The fourth-order valence-corrected chi connectivity index (χ4v) is 1.48. The normalized spacial score (nSPS) is 22.9. The number of rotatable bonds is 1. The Morgan fingerprint density at radius 1 is 1.43 bits per heavy atom. The summed E-state index contributed by atoms with van der Waals surface area (Å²) in [6.07, 6.45) is 2.91. The van der Waals surface area contributed by atoms with E-state index in [1.54, 1.807) is 6.08 Å². The molecule has 0 radical (unpaired) electrons. The topological polar surface area (TPSA) is 46.5 Å². The second-order valence-corrected chi connectivity index (χ2v) is 4.51. The fraction of sp³-hybridized carbons (Fsp3) is 0.545. The highest BCUT2D eigenvalue weighted by atomic mass is 16.5. The molecule has 1 unspecified atom stereocenters. The van der Waals surface area contributed by atoms with Crippen molar-refractivity contribution in [2.75, 3.05) is 7.11 Å². The molecule has 1 N–H and O–H groups in total. The van der Waals surface area contributed by atoms with Crippen LogP contribution in [0.3, 0.4) is 0 Å². The number of hydrogen-bond acceptors (Lipinski definition) is 3. The summed E-state index contributed by atoms with van der Waals surface area (Å²) in [7, 11) is 1.54. The van der Waals surface area contributed by atoms with Crippen molar-refractivity contribution >= 4 is 5.78 Å². The van der Waals surface area contributed by atoms with E-state index in [1.165, 1.54) is 13.2 Å². The molecule has 0 aromatic rings. The number of hydrogen-bond donors (Lipinski definition) is 1. The van der Waals surface area contributed by atoms with Gasteiger partial charge in [0.25, 0.3) is 0 Å². The zero-order valence-corrected chi connectivity index (χ0v) is 9.00. The van der Waals surface area contributed by atoms with Gasteiger partial charge in [-0.1, -0.05) is 20.8 Å². The molecule has 0 saturated carbocycles. The molecule has 3 heteroatoms. The molecule has 0 fully saturated rings. The van der Waals surface area contributed by atoms with Gasteiger partial charge in [0.15, 0.2) is 5.76 Å². The molecule has 1 aliphatic rings. The highest BCUT2D eigenvalue weighted by Gasteiger charge is 2.32. The molecule has 1 rings (SSSR count). The van der Waals surface area contributed by atoms with Crippen molar-refractivity contribution in [3.63, 3.8) is 0 Å². The summed E-state index contributed by atoms with van der Waals surface area (Å²) < 4.78 is 5.13. The van der Waals surface area contributed by atoms with Crippen LogP contribution in [0.15, 0.2) is 23.7 Å². The summed E-state index contributed by atoms with van der Waals surface area (Å²) in [4.78, 5) is 11.2. The lowest BCUT2D eigenvalue weighted by molar-refractivity contribution is -0.114. The molecule has 0 aliphatic heterocycles. The summed E-state index contributed by atoms with van der Waals surface area (Å²) in [6.45, 7) is 6.10. The zero-order chi connectivity index (χ0) is 10.9. The SMILES string of the molecule is COC1=CC(=O)C(O)=CC1C(C)(C)C. The molecule has 0 aromatic heterocycles. The van der Waals surface area contributed by atoms with Gasteiger partial charge in [0.05, 0.1) is 7.11 Å². The van der Waals surface area contributed by atoms with Gasteiger partial charge < -0.3 is 9.84 Å². The first-order valence-electron chi connectivity index (χ1n) is 4.57. The maximum Gasteiger partial charge on any atom is 0.223 e. The van der Waals surface area contributed by atoms with Gasteiger partial charge in [-0.2, -0.15) is 0 Å². The molecule has 14 heavy (non-hydrogen) atoms. The first-order chi connectivity index (χ1) is 6.36. The Hall–Kier alpha value is -1.25. The highest BCUT2D eigenvalue weighted by Crippen LogP contribution is 2.36. The molecule has 1 aliphatic carbocycles. The van der Waals surface area contributed by atoms with Crippen molar-refractivity contribution in [2.45, 2.75) is 20.8 Å². The molecule has 1 atom stereocenters. The number of ether oxygens (including phenoxy) is 1. The van der Waals surface area contributed by atoms with Crippen LogP contribution in [0.5, 0.6) is 0 Å². The van der Waals surface area contributed by atoms with Crippen molar-refractivity contribution in [3.05, 3.63) is 23.7 Å². The van der Waals surface area contributed by atoms with Gasteiger partial charge in [0.1, 0.15) is 5.76 Å². The summed E-state index contributed by atoms with van der Waals surface area (Å²) in [5, 5.41) is 9.34. The van der Waals surface area contributed by atoms with Crippen LogP contribution >= 0.6 is 0 Å². The molecule has 0 bridgehead atoms. The van der Waals surface area contributed by atoms with Gasteiger partial charge in [0, 0.05) is 12.0 Å². The van der Waals surface area contributed by atoms with E-state index in [-0.39, 0.29) is 22.9 Å². The Morgan fingerprint density at radius 3 is 2.43 bits per heavy atom. The molecule has 0 heterocycles. The average molecular weight is 196 g/mol. The first-order valence-corrected chi connectivity index (χ1v) is 4.57. The maximum absolute atomic E-state index is 11.2. The predicted octanol–water partition coefficient (Wildman–Crippen LogP) is 2.20. The smallest absolute Gasteiger partial charge is 0.223 e. The van der Waals surface area contributed by atoms with E-state index in [4.69, 9.17) is 4.74 Å². The second kappa shape index (κ2) is 3.48. The van der Waals surface area contributed by atoms with Gasteiger partial charge in [-0.05, 0) is 11.5 Å². The predicted molar refractivity (Wildman–Crippen MR) is 53.8 cm³/mol. The minimum Gasteiger partial charge on any atom is -0.504 e. The van der Waals surface area contributed by atoms with Crippen molar-refractivity contribution in [1.29, 1.82) is 0 Å². The van der Waals surface area contributed by atoms with Gasteiger partial charge >= 0.3 is 0 Å². The molecule has 0 saturated heterocycles. The minimum absolute atomic E-state index is 0.0507. The second-order valence-electron chi connectivity index (χ2n) is 4.51. The third-order valence-electron chi connectivity index (χ3n) is 2.33. The van der Waals surface area contributed by atoms with E-state index in [1.807, 2.05) is 20.8 Å². The maximum atomic E-state index is 11.2. The summed E-state index contributed by atoms with van der Waals surface area (Å²) in [6, 6.07) is 0. The number of aliphatic hydroxyl groups is 1. The minimum atomic E-state index is -0.387. The van der Waals surface area contributed by atoms with E-state index in [0.29, 0.717) is 5.76 Å². The Bertz CT molecular complexity index is 305. The van der Waals surface area contributed by atoms with E-state index < -0.39 is 0 Å². The van der Waals surface area contributed by atoms with Crippen LogP contribution in [0.25, 0.3) is 0 Å². The molecular weight excluding hydrogens is 180 g/mol. The van der Waals surface area contributed by atoms with Gasteiger partial charge in [-0.3, -0.25) is 4.79 Å². The van der Waals surface area contributed by atoms with Gasteiger partial charge in [0.2, 0.25) is 5.78 Å². The number of carbonyl (C=O) groups is 1. The Labute approximate surface area is 84.1 Å². The quantitative estimate of drug-likeness (QED) is 0.699. The summed E-state index contributed by atoms with van der Waals surface area (Å²) >= 11 is 0. The van der Waals surface area contributed by atoms with Crippen molar-refractivity contribution < 1.29 is 14.6 Å². The van der Waals surface area contributed by atoms with Crippen LogP contribution in [0.1, 0.15) is 20.8 Å². The molecular formula is C11H16O3. The van der Waals surface area contributed by atoms with Crippen molar-refractivity contribution in [3.8, 4) is 0 Å². The Kier molecular flexibility index (Phi) is 2.69. The molecule has 0 amide bonds. The largest absolute Gasteiger partial charge is 0.504 e. The van der Waals surface area contributed by atoms with Crippen LogP contribution in [-0.4, -0.2) is 18.0 Å². The van der Waals surface area contributed by atoms with Gasteiger partial charge in [-0.25, -0.2) is 0 Å². The zero-order valence-electron chi connectivity index (χ0n) is 9.00. The van der Waals surface area contributed by atoms with Crippen LogP contribution in [0.2, 0.25) is 0 Å². The first kappa shape index (κ1) is 10.8. The van der Waals surface area contributed by atoms with E-state index in [0.717, 1.165) is 0 Å². The van der Waals surface area contributed by atoms with Crippen LogP contribution in [0.4, 0.5) is 0 Å². The van der Waals surface area contributed by atoms with E-state index in [9.17, 15) is 9.90 Å². The van der Waals surface area contributed by atoms with Crippen LogP contribution in [-0.2, 0) is 9.53 Å². The third-order valence-corrected chi connectivity index (χ3v) is 2.33. The number of carbonyl (C=O) groups excluding carboxylic acids is 1. The Balaban J connectivity index is 3.06. The van der Waals surface area contributed by atoms with E-state index in [2.05, 4.69) is 0 Å². The third kappa shape index (κ3) is 1.97. The summed E-state index contributed by atoms with van der Waals surface area (Å²) in [5.41, 5.74) is -0.0729. The Morgan fingerprint density at radius 2 is 2.00 bits per heavy atom. The molecule has 3 nitrogen and oxygen atoms in total. The van der Waals surface area contributed by atoms with Crippen molar-refractivity contribution in [2.24, 2.45) is 11.3 Å². The van der Waals surface area contributed by atoms with Gasteiger partial charge in [-0.15, -0.1) is 0 Å². The number of ketones is 1. The number of allylic oxidation sites excluding steroid dienone is 2.